The van der Waals surface area contributed by atoms with Gasteiger partial charge in [0.15, 0.2) is 0 Å². The number of aliphatic hydroxyl groups is 1. The third kappa shape index (κ3) is 5.10. The molecular formula is C16H22F3N3O2. The van der Waals surface area contributed by atoms with Gasteiger partial charge in [0.05, 0.1) is 25.7 Å². The zero-order valence-corrected chi connectivity index (χ0v) is 13.8. The smallest absolute Gasteiger partial charge is 0.392 e. The van der Waals surface area contributed by atoms with E-state index in [1.807, 2.05) is 30.3 Å². The molecule has 134 valence electrons. The Bertz CT molecular complexity index is 578. The lowest BCUT2D eigenvalue weighted by Crippen LogP contribution is -2.42. The van der Waals surface area contributed by atoms with Crippen molar-refractivity contribution in [3.8, 4) is 5.88 Å². The Kier molecular flexibility index (Phi) is 6.06. The largest absolute Gasteiger partial charge is 0.477 e. The summed E-state index contributed by atoms with van der Waals surface area (Å²) in [6.45, 7) is 4.61. The lowest BCUT2D eigenvalue weighted by atomic mass is 10.2. The van der Waals surface area contributed by atoms with Crippen molar-refractivity contribution >= 4 is 0 Å². The molecule has 0 amide bonds. The van der Waals surface area contributed by atoms with Crippen LogP contribution in [0.25, 0.3) is 0 Å². The number of hydrazine groups is 1. The van der Waals surface area contributed by atoms with E-state index in [1.54, 1.807) is 13.1 Å². The first-order valence-corrected chi connectivity index (χ1v) is 7.76. The molecule has 0 aromatic carbocycles. The monoisotopic (exact) mass is 345 g/mol. The predicted molar refractivity (Wildman–Crippen MR) is 83.1 cm³/mol. The Morgan fingerprint density at radius 2 is 2.17 bits per heavy atom. The maximum atomic E-state index is 12.1. The first-order valence-electron chi connectivity index (χ1n) is 7.76. The van der Waals surface area contributed by atoms with Crippen molar-refractivity contribution in [3.05, 3.63) is 35.7 Å². The zero-order chi connectivity index (χ0) is 17.7. The Balaban J connectivity index is 1.94. The van der Waals surface area contributed by atoms with Crippen molar-refractivity contribution in [3.63, 3.8) is 0 Å². The first-order chi connectivity index (χ1) is 11.3. The minimum Gasteiger partial charge on any atom is -0.477 e. The van der Waals surface area contributed by atoms with E-state index < -0.39 is 19.2 Å². The molecule has 0 aliphatic carbocycles. The molecule has 0 spiro atoms. The first kappa shape index (κ1) is 18.5. The number of aryl methyl sites for hydroxylation is 1. The topological polar surface area (TPSA) is 48.8 Å². The number of aliphatic hydroxyl groups excluding tert-OH is 1. The van der Waals surface area contributed by atoms with Gasteiger partial charge in [-0.3, -0.25) is 0 Å². The molecule has 1 atom stereocenters. The van der Waals surface area contributed by atoms with Crippen molar-refractivity contribution in [2.75, 3.05) is 19.8 Å². The van der Waals surface area contributed by atoms with Crippen LogP contribution in [-0.4, -0.2) is 52.1 Å². The highest BCUT2D eigenvalue weighted by molar-refractivity contribution is 5.28. The summed E-state index contributed by atoms with van der Waals surface area (Å²) in [7, 11) is 0. The highest BCUT2D eigenvalue weighted by Crippen LogP contribution is 2.22. The highest BCUT2D eigenvalue weighted by Gasteiger charge is 2.27. The Hall–Kier alpha value is -1.80. The van der Waals surface area contributed by atoms with E-state index in [0.29, 0.717) is 12.1 Å². The fourth-order valence-electron chi connectivity index (χ4n) is 2.45. The highest BCUT2D eigenvalue weighted by atomic mass is 19.4. The SMILES string of the molecule is Cc1cc(CN2CC=CN2[C@@H](C)CO)cnc1OCCC(F)(F)F. The number of rotatable bonds is 7. The van der Waals surface area contributed by atoms with Crippen molar-refractivity contribution < 1.29 is 23.0 Å². The van der Waals surface area contributed by atoms with Crippen LogP contribution in [0.15, 0.2) is 24.5 Å². The van der Waals surface area contributed by atoms with Gasteiger partial charge in [-0.1, -0.05) is 6.08 Å². The maximum absolute atomic E-state index is 12.1. The van der Waals surface area contributed by atoms with Crippen LogP contribution in [0.1, 0.15) is 24.5 Å². The second-order valence-corrected chi connectivity index (χ2v) is 5.82. The van der Waals surface area contributed by atoms with Gasteiger partial charge in [-0.25, -0.2) is 9.99 Å². The van der Waals surface area contributed by atoms with Crippen molar-refractivity contribution in [1.29, 1.82) is 0 Å². The lowest BCUT2D eigenvalue weighted by Gasteiger charge is -2.33. The van der Waals surface area contributed by atoms with Crippen molar-refractivity contribution in [1.82, 2.24) is 15.0 Å². The number of halogens is 3. The van der Waals surface area contributed by atoms with Crippen LogP contribution in [0.5, 0.6) is 5.88 Å². The van der Waals surface area contributed by atoms with Gasteiger partial charge in [-0.05, 0) is 25.5 Å². The van der Waals surface area contributed by atoms with Crippen LogP contribution in [0.3, 0.4) is 0 Å². The second-order valence-electron chi connectivity index (χ2n) is 5.82. The van der Waals surface area contributed by atoms with E-state index in [2.05, 4.69) is 9.99 Å². The number of alkyl halides is 3. The molecule has 1 aromatic heterocycles. The van der Waals surface area contributed by atoms with Crippen LogP contribution in [-0.2, 0) is 6.54 Å². The molecule has 0 bridgehead atoms. The van der Waals surface area contributed by atoms with E-state index in [0.717, 1.165) is 12.1 Å². The van der Waals surface area contributed by atoms with Crippen molar-refractivity contribution in [2.24, 2.45) is 0 Å². The minimum atomic E-state index is -4.23. The zero-order valence-electron chi connectivity index (χ0n) is 13.8. The molecule has 8 heteroatoms. The Morgan fingerprint density at radius 1 is 1.42 bits per heavy atom. The van der Waals surface area contributed by atoms with Crippen LogP contribution in [0.4, 0.5) is 13.2 Å². The molecule has 2 rings (SSSR count). The molecular weight excluding hydrogens is 323 g/mol. The lowest BCUT2D eigenvalue weighted by molar-refractivity contribution is -0.139. The van der Waals surface area contributed by atoms with Crippen LogP contribution in [0, 0.1) is 6.92 Å². The number of aromatic nitrogens is 1. The quantitative estimate of drug-likeness (QED) is 0.823. The van der Waals surface area contributed by atoms with Gasteiger partial charge < -0.3 is 14.9 Å². The minimum absolute atomic E-state index is 0.0252. The predicted octanol–water partition coefficient (Wildman–Crippen LogP) is 2.65. The van der Waals surface area contributed by atoms with Crippen LogP contribution >= 0.6 is 0 Å². The summed E-state index contributed by atoms with van der Waals surface area (Å²) in [6, 6.07) is 1.83. The number of pyridine rings is 1. The fraction of sp³-hybridized carbons (Fsp3) is 0.562. The summed E-state index contributed by atoms with van der Waals surface area (Å²) in [5, 5.41) is 13.3. The molecule has 1 aliphatic heterocycles. The van der Waals surface area contributed by atoms with Crippen LogP contribution in [0.2, 0.25) is 0 Å². The molecule has 2 heterocycles. The normalized spacial score (nSPS) is 16.7. The summed E-state index contributed by atoms with van der Waals surface area (Å²) < 4.78 is 41.6. The van der Waals surface area contributed by atoms with Crippen LogP contribution < -0.4 is 4.74 Å². The Morgan fingerprint density at radius 3 is 2.79 bits per heavy atom. The second kappa shape index (κ2) is 7.85. The van der Waals surface area contributed by atoms with E-state index in [1.165, 1.54) is 0 Å². The summed E-state index contributed by atoms with van der Waals surface area (Å²) in [5.41, 5.74) is 1.62. The molecule has 0 radical (unpaired) electrons. The maximum Gasteiger partial charge on any atom is 0.392 e. The van der Waals surface area contributed by atoms with Gasteiger partial charge in [0.2, 0.25) is 5.88 Å². The molecule has 0 fully saturated rings. The molecule has 1 N–H and O–H groups in total. The van der Waals surface area contributed by atoms with Gasteiger partial charge >= 0.3 is 6.18 Å². The summed E-state index contributed by atoms with van der Waals surface area (Å²) in [5.74, 6) is 0.225. The van der Waals surface area contributed by atoms with E-state index in [9.17, 15) is 18.3 Å². The molecule has 1 aromatic rings. The van der Waals surface area contributed by atoms with E-state index >= 15 is 0 Å². The van der Waals surface area contributed by atoms with Gasteiger partial charge in [-0.15, -0.1) is 0 Å². The average Bonchev–Trinajstić information content (AvgIpc) is 2.95. The molecule has 0 unspecified atom stereocenters. The summed E-state index contributed by atoms with van der Waals surface area (Å²) in [6.07, 6.45) is 0.305. The number of nitrogens with zero attached hydrogens (tertiary/aromatic N) is 3. The number of hydrogen-bond donors (Lipinski definition) is 1. The third-order valence-corrected chi connectivity index (χ3v) is 3.69. The molecule has 0 saturated heterocycles. The average molecular weight is 345 g/mol. The number of ether oxygens (including phenoxy) is 1. The molecule has 24 heavy (non-hydrogen) atoms. The van der Waals surface area contributed by atoms with Crippen molar-refractivity contribution in [2.45, 2.75) is 39.0 Å². The molecule has 0 saturated carbocycles. The van der Waals surface area contributed by atoms with Gasteiger partial charge in [0.1, 0.15) is 0 Å². The summed E-state index contributed by atoms with van der Waals surface area (Å²) >= 11 is 0. The summed E-state index contributed by atoms with van der Waals surface area (Å²) in [4.78, 5) is 4.13. The van der Waals surface area contributed by atoms with Gasteiger partial charge in [-0.2, -0.15) is 13.2 Å². The number of hydrogen-bond acceptors (Lipinski definition) is 5. The fourth-order valence-corrected chi connectivity index (χ4v) is 2.45. The third-order valence-electron chi connectivity index (χ3n) is 3.69. The van der Waals surface area contributed by atoms with Gasteiger partial charge in [0, 0.05) is 31.0 Å². The molecule has 1 aliphatic rings. The van der Waals surface area contributed by atoms with Gasteiger partial charge in [0.25, 0.3) is 0 Å². The Labute approximate surface area is 139 Å². The van der Waals surface area contributed by atoms with E-state index in [4.69, 9.17) is 4.74 Å². The molecule has 5 nitrogen and oxygen atoms in total. The van der Waals surface area contributed by atoms with E-state index in [-0.39, 0.29) is 18.5 Å². The standard InChI is InChI=1S/C16H22F3N3O2/c1-12-8-14(9-20-15(12)24-7-4-16(17,18)19)10-21-5-3-6-22(21)13(2)11-23/h3,6,8-9,13,23H,4-5,7,10-11H2,1-2H3/t13-/m0/s1.